The Morgan fingerprint density at radius 2 is 1.81 bits per heavy atom. The molecule has 1 amide bonds. The van der Waals surface area contributed by atoms with E-state index in [4.69, 9.17) is 21.1 Å². The number of carbonyl (C=O) groups is 1. The predicted octanol–water partition coefficient (Wildman–Crippen LogP) is 3.01. The molecule has 2 aromatic rings. The van der Waals surface area contributed by atoms with E-state index in [9.17, 15) is 13.2 Å². The molecule has 9 heteroatoms. The summed E-state index contributed by atoms with van der Waals surface area (Å²) in [6.07, 6.45) is 2.98. The minimum absolute atomic E-state index is 0.0653. The lowest BCUT2D eigenvalue weighted by molar-refractivity contribution is -0.142. The molecule has 1 N–H and O–H groups in total. The van der Waals surface area contributed by atoms with Gasteiger partial charge in [0.05, 0.1) is 4.90 Å². The number of sulfonamides is 1. The predicted molar refractivity (Wildman–Crippen MR) is 117 cm³/mol. The maximum absolute atomic E-state index is 12.7. The summed E-state index contributed by atoms with van der Waals surface area (Å²) >= 11 is 5.87. The maximum Gasteiger partial charge on any atom is 0.267 e. The number of amides is 1. The summed E-state index contributed by atoms with van der Waals surface area (Å²) in [5.41, 5.74) is 0.985. The van der Waals surface area contributed by atoms with Crippen LogP contribution in [0.5, 0.6) is 11.5 Å². The summed E-state index contributed by atoms with van der Waals surface area (Å²) in [4.78, 5) is 14.6. The summed E-state index contributed by atoms with van der Waals surface area (Å²) in [6.45, 7) is 1.80. The first kappa shape index (κ1) is 21.9. The highest BCUT2D eigenvalue weighted by Gasteiger charge is 2.32. The van der Waals surface area contributed by atoms with Crippen LogP contribution >= 0.6 is 11.6 Å². The lowest BCUT2D eigenvalue weighted by atomic mass is 10.1. The first-order valence-corrected chi connectivity index (χ1v) is 12.2. The lowest BCUT2D eigenvalue weighted by Gasteiger charge is -2.32. The summed E-state index contributed by atoms with van der Waals surface area (Å²) < 4.78 is 39.4. The number of piperidine rings is 1. The number of hydrogen-bond donors (Lipinski definition) is 1. The third-order valence-electron chi connectivity index (χ3n) is 5.45. The molecule has 31 heavy (non-hydrogen) atoms. The van der Waals surface area contributed by atoms with Crippen molar-refractivity contribution in [3.63, 3.8) is 0 Å². The van der Waals surface area contributed by atoms with Gasteiger partial charge in [-0.3, -0.25) is 4.79 Å². The van der Waals surface area contributed by atoms with E-state index in [1.807, 2.05) is 17.0 Å². The lowest BCUT2D eigenvalue weighted by Crippen LogP contribution is -2.48. The minimum Gasteiger partial charge on any atom is -0.485 e. The normalized spacial score (nSPS) is 18.6. The fourth-order valence-corrected chi connectivity index (χ4v) is 4.90. The zero-order valence-electron chi connectivity index (χ0n) is 17.1. The molecule has 0 spiro atoms. The minimum atomic E-state index is -3.71. The molecule has 2 aromatic carbocycles. The number of fused-ring (bicyclic) bond motifs is 1. The molecule has 0 aromatic heterocycles. The Kier molecular flexibility index (Phi) is 6.69. The number of benzene rings is 2. The largest absolute Gasteiger partial charge is 0.485 e. The molecule has 1 saturated heterocycles. The molecule has 0 radical (unpaired) electrons. The zero-order chi connectivity index (χ0) is 21.8. The van der Waals surface area contributed by atoms with Gasteiger partial charge in [-0.05, 0) is 55.5 Å². The fourth-order valence-electron chi connectivity index (χ4n) is 3.72. The van der Waals surface area contributed by atoms with Crippen molar-refractivity contribution in [2.45, 2.75) is 36.7 Å². The van der Waals surface area contributed by atoms with Crippen LogP contribution in [0.3, 0.4) is 0 Å². The first-order valence-electron chi connectivity index (χ1n) is 10.4. The quantitative estimate of drug-likeness (QED) is 0.710. The second kappa shape index (κ2) is 9.46. The van der Waals surface area contributed by atoms with Crippen molar-refractivity contribution in [3.8, 4) is 11.5 Å². The van der Waals surface area contributed by atoms with Gasteiger partial charge in [0.2, 0.25) is 16.1 Å². The number of hydrogen-bond acceptors (Lipinski definition) is 5. The molecule has 2 aliphatic heterocycles. The Morgan fingerprint density at radius 3 is 2.55 bits per heavy atom. The highest BCUT2D eigenvalue weighted by Crippen LogP contribution is 2.34. The number of carbonyl (C=O) groups excluding carboxylic acids is 1. The number of nitrogens with zero attached hydrogens (tertiary/aromatic N) is 1. The van der Waals surface area contributed by atoms with E-state index < -0.39 is 16.1 Å². The van der Waals surface area contributed by atoms with Gasteiger partial charge in [0, 0.05) is 30.7 Å². The second-order valence-electron chi connectivity index (χ2n) is 7.69. The molecular formula is C22H25ClN2O5S. The number of halogens is 1. The first-order chi connectivity index (χ1) is 14.9. The SMILES string of the molecule is O=C([C@H]1COc2cc(S(=O)(=O)NCCc3ccc(Cl)cc3)ccc2O1)N1CCCCC1. The Bertz CT molecular complexity index is 1040. The van der Waals surface area contributed by atoms with Crippen molar-refractivity contribution in [1.82, 2.24) is 9.62 Å². The monoisotopic (exact) mass is 464 g/mol. The summed E-state index contributed by atoms with van der Waals surface area (Å²) in [6, 6.07) is 11.7. The number of likely N-dealkylation sites (tertiary alicyclic amines) is 1. The smallest absolute Gasteiger partial charge is 0.267 e. The number of rotatable bonds is 6. The van der Waals surface area contributed by atoms with Crippen molar-refractivity contribution < 1.29 is 22.7 Å². The van der Waals surface area contributed by atoms with E-state index in [-0.39, 0.29) is 24.0 Å². The Balaban J connectivity index is 1.37. The summed E-state index contributed by atoms with van der Waals surface area (Å²) in [7, 11) is -3.71. The summed E-state index contributed by atoms with van der Waals surface area (Å²) in [5, 5.41) is 0.639. The van der Waals surface area contributed by atoms with Gasteiger partial charge in [-0.15, -0.1) is 0 Å². The van der Waals surface area contributed by atoms with Crippen LogP contribution in [0, 0.1) is 0 Å². The Labute approximate surface area is 187 Å². The van der Waals surface area contributed by atoms with Crippen molar-refractivity contribution in [1.29, 1.82) is 0 Å². The van der Waals surface area contributed by atoms with Gasteiger partial charge >= 0.3 is 0 Å². The van der Waals surface area contributed by atoms with Gasteiger partial charge in [-0.2, -0.15) is 0 Å². The molecule has 0 saturated carbocycles. The summed E-state index contributed by atoms with van der Waals surface area (Å²) in [5.74, 6) is 0.621. The maximum atomic E-state index is 12.7. The van der Waals surface area contributed by atoms with Crippen molar-refractivity contribution in [2.75, 3.05) is 26.2 Å². The third-order valence-corrected chi connectivity index (χ3v) is 7.16. The average Bonchev–Trinajstić information content (AvgIpc) is 2.79. The van der Waals surface area contributed by atoms with E-state index in [1.54, 1.807) is 18.2 Å². The van der Waals surface area contributed by atoms with Gasteiger partial charge in [0.15, 0.2) is 11.5 Å². The zero-order valence-corrected chi connectivity index (χ0v) is 18.6. The van der Waals surface area contributed by atoms with E-state index in [2.05, 4.69) is 4.72 Å². The molecule has 0 aliphatic carbocycles. The Morgan fingerprint density at radius 1 is 1.06 bits per heavy atom. The van der Waals surface area contributed by atoms with Crippen LogP contribution in [-0.4, -0.2) is 51.6 Å². The Hall–Kier alpha value is -2.29. The third kappa shape index (κ3) is 5.31. The second-order valence-corrected chi connectivity index (χ2v) is 9.89. The molecule has 2 heterocycles. The van der Waals surface area contributed by atoms with Crippen LogP contribution < -0.4 is 14.2 Å². The van der Waals surface area contributed by atoms with Crippen molar-refractivity contribution >= 4 is 27.5 Å². The van der Waals surface area contributed by atoms with E-state index in [1.165, 1.54) is 12.1 Å². The highest BCUT2D eigenvalue weighted by atomic mass is 35.5. The molecule has 1 atom stereocenters. The van der Waals surface area contributed by atoms with Gasteiger partial charge in [0.1, 0.15) is 6.61 Å². The van der Waals surface area contributed by atoms with Gasteiger partial charge in [-0.1, -0.05) is 23.7 Å². The highest BCUT2D eigenvalue weighted by molar-refractivity contribution is 7.89. The molecule has 2 aliphatic rings. The van der Waals surface area contributed by atoms with Gasteiger partial charge < -0.3 is 14.4 Å². The van der Waals surface area contributed by atoms with E-state index in [0.717, 1.165) is 37.9 Å². The molecular weight excluding hydrogens is 440 g/mol. The van der Waals surface area contributed by atoms with Crippen LogP contribution in [0.4, 0.5) is 0 Å². The number of nitrogens with one attached hydrogen (secondary N) is 1. The van der Waals surface area contributed by atoms with Crippen molar-refractivity contribution in [3.05, 3.63) is 53.1 Å². The molecule has 0 bridgehead atoms. The van der Waals surface area contributed by atoms with Crippen molar-refractivity contribution in [2.24, 2.45) is 0 Å². The molecule has 0 unspecified atom stereocenters. The number of ether oxygens (including phenoxy) is 2. The van der Waals surface area contributed by atoms with Crippen LogP contribution in [-0.2, 0) is 21.2 Å². The molecule has 1 fully saturated rings. The van der Waals surface area contributed by atoms with Crippen LogP contribution in [0.15, 0.2) is 47.4 Å². The van der Waals surface area contributed by atoms with E-state index >= 15 is 0 Å². The van der Waals surface area contributed by atoms with E-state index in [0.29, 0.717) is 22.9 Å². The van der Waals surface area contributed by atoms with Gasteiger partial charge in [-0.25, -0.2) is 13.1 Å². The molecule has 166 valence electrons. The van der Waals surface area contributed by atoms with Crippen LogP contribution in [0.2, 0.25) is 5.02 Å². The van der Waals surface area contributed by atoms with Gasteiger partial charge in [0.25, 0.3) is 5.91 Å². The van der Waals surface area contributed by atoms with Crippen LogP contribution in [0.25, 0.3) is 0 Å². The fraction of sp³-hybridized carbons (Fsp3) is 0.409. The molecule has 7 nitrogen and oxygen atoms in total. The van der Waals surface area contributed by atoms with Crippen LogP contribution in [0.1, 0.15) is 24.8 Å². The average molecular weight is 465 g/mol. The topological polar surface area (TPSA) is 84.9 Å². The standard InChI is InChI=1S/C22H25ClN2O5S/c23-17-6-4-16(5-7-17)10-11-24-31(27,28)18-8-9-19-20(14-18)29-15-21(30-19)22(26)25-12-2-1-3-13-25/h4-9,14,21,24H,1-3,10-13,15H2/t21-/m1/s1. The molecule has 4 rings (SSSR count).